The number of nitrogens with zero attached hydrogens (tertiary/aromatic N) is 3. The molecule has 2 heterocycles. The average molecular weight is 243 g/mol. The van der Waals surface area contributed by atoms with Crippen molar-refractivity contribution in [1.82, 2.24) is 15.2 Å². The van der Waals surface area contributed by atoms with Gasteiger partial charge in [0.05, 0.1) is 0 Å². The smallest absolute Gasteiger partial charge is 0.244 e. The summed E-state index contributed by atoms with van der Waals surface area (Å²) < 4.78 is 0. The summed E-state index contributed by atoms with van der Waals surface area (Å²) in [4.78, 5) is 6.42. The number of fused-ring (bicyclic) bond motifs is 1. The summed E-state index contributed by atoms with van der Waals surface area (Å²) in [7, 11) is 3.88. The van der Waals surface area contributed by atoms with E-state index in [1.165, 1.54) is 17.7 Å². The second-order valence-electron chi connectivity index (χ2n) is 4.74. The molecule has 1 aromatic carbocycles. The van der Waals surface area contributed by atoms with Gasteiger partial charge in [-0.3, -0.25) is 5.10 Å². The van der Waals surface area contributed by atoms with E-state index in [9.17, 15) is 0 Å². The van der Waals surface area contributed by atoms with Gasteiger partial charge in [-0.2, -0.15) is 4.98 Å². The molecule has 0 bridgehead atoms. The largest absolute Gasteiger partial charge is 0.385 e. The standard InChI is InChI=1S/C13H17N5/c1-18(2)13-15-12(16-17-13)10-5-3-7-11-9(10)6-4-8-14-11/h3,5,7,14H,4,6,8H2,1-2H3,(H,15,16,17). The molecule has 18 heavy (non-hydrogen) atoms. The summed E-state index contributed by atoms with van der Waals surface area (Å²) in [6.07, 6.45) is 2.26. The predicted octanol–water partition coefficient (Wildman–Crippen LogP) is 1.90. The fourth-order valence-corrected chi connectivity index (χ4v) is 2.31. The Hall–Kier alpha value is -2.04. The summed E-state index contributed by atoms with van der Waals surface area (Å²) in [5.74, 6) is 1.56. The zero-order valence-electron chi connectivity index (χ0n) is 10.7. The number of anilines is 2. The highest BCUT2D eigenvalue weighted by atomic mass is 15.3. The molecule has 0 aliphatic carbocycles. The zero-order valence-corrected chi connectivity index (χ0v) is 10.7. The highest BCUT2D eigenvalue weighted by molar-refractivity contribution is 5.71. The molecule has 0 radical (unpaired) electrons. The lowest BCUT2D eigenvalue weighted by atomic mass is 9.97. The van der Waals surface area contributed by atoms with Gasteiger partial charge in [-0.1, -0.05) is 12.1 Å². The van der Waals surface area contributed by atoms with Gasteiger partial charge >= 0.3 is 0 Å². The van der Waals surface area contributed by atoms with E-state index in [0.29, 0.717) is 5.95 Å². The fourth-order valence-electron chi connectivity index (χ4n) is 2.31. The molecule has 0 fully saturated rings. The maximum atomic E-state index is 4.52. The van der Waals surface area contributed by atoms with E-state index in [-0.39, 0.29) is 0 Å². The van der Waals surface area contributed by atoms with Gasteiger partial charge in [0.1, 0.15) is 0 Å². The highest BCUT2D eigenvalue weighted by Gasteiger charge is 2.16. The molecule has 0 saturated carbocycles. The van der Waals surface area contributed by atoms with Crippen molar-refractivity contribution in [3.05, 3.63) is 23.8 Å². The SMILES string of the molecule is CN(C)c1n[nH]c(-c2cccc3c2CCCN3)n1. The molecule has 1 aromatic heterocycles. The topological polar surface area (TPSA) is 56.8 Å². The minimum absolute atomic E-state index is 0.714. The van der Waals surface area contributed by atoms with Crippen molar-refractivity contribution in [3.63, 3.8) is 0 Å². The van der Waals surface area contributed by atoms with E-state index in [2.05, 4.69) is 38.7 Å². The Morgan fingerprint density at radius 1 is 1.28 bits per heavy atom. The van der Waals surface area contributed by atoms with E-state index in [4.69, 9.17) is 0 Å². The van der Waals surface area contributed by atoms with E-state index >= 15 is 0 Å². The van der Waals surface area contributed by atoms with Gasteiger partial charge in [0.15, 0.2) is 5.82 Å². The zero-order chi connectivity index (χ0) is 12.5. The van der Waals surface area contributed by atoms with Crippen LogP contribution in [0.3, 0.4) is 0 Å². The Kier molecular flexibility index (Phi) is 2.66. The third-order valence-electron chi connectivity index (χ3n) is 3.22. The van der Waals surface area contributed by atoms with Crippen LogP contribution >= 0.6 is 0 Å². The van der Waals surface area contributed by atoms with E-state index in [1.807, 2.05) is 19.0 Å². The van der Waals surface area contributed by atoms with Crippen molar-refractivity contribution in [1.29, 1.82) is 0 Å². The Balaban J connectivity index is 2.05. The van der Waals surface area contributed by atoms with Gasteiger partial charge in [-0.15, -0.1) is 5.10 Å². The monoisotopic (exact) mass is 243 g/mol. The molecule has 5 heteroatoms. The molecular formula is C13H17N5. The van der Waals surface area contributed by atoms with Crippen molar-refractivity contribution >= 4 is 11.6 Å². The first-order valence-corrected chi connectivity index (χ1v) is 6.21. The highest BCUT2D eigenvalue weighted by Crippen LogP contribution is 2.31. The summed E-state index contributed by atoms with van der Waals surface area (Å²) in [5, 5.41) is 10.7. The molecule has 5 nitrogen and oxygen atoms in total. The normalized spacial score (nSPS) is 13.9. The van der Waals surface area contributed by atoms with Gasteiger partial charge in [0.2, 0.25) is 5.95 Å². The number of benzene rings is 1. The molecule has 94 valence electrons. The first kappa shape index (κ1) is 11.1. The van der Waals surface area contributed by atoms with E-state index in [1.54, 1.807) is 0 Å². The second-order valence-corrected chi connectivity index (χ2v) is 4.74. The Labute approximate surface area is 106 Å². The minimum Gasteiger partial charge on any atom is -0.385 e. The van der Waals surface area contributed by atoms with Gasteiger partial charge in [-0.25, -0.2) is 0 Å². The number of aromatic nitrogens is 3. The lowest BCUT2D eigenvalue weighted by Crippen LogP contribution is -2.12. The van der Waals surface area contributed by atoms with Gasteiger partial charge in [0, 0.05) is 31.9 Å². The quantitative estimate of drug-likeness (QED) is 0.845. The Morgan fingerprint density at radius 2 is 2.17 bits per heavy atom. The van der Waals surface area contributed by atoms with Crippen LogP contribution in [-0.4, -0.2) is 35.8 Å². The van der Waals surface area contributed by atoms with Crippen LogP contribution in [0.15, 0.2) is 18.2 Å². The van der Waals surface area contributed by atoms with Crippen LogP contribution in [0.5, 0.6) is 0 Å². The molecular weight excluding hydrogens is 226 g/mol. The summed E-state index contributed by atoms with van der Waals surface area (Å²) in [6.45, 7) is 1.05. The Bertz CT molecular complexity index is 558. The van der Waals surface area contributed by atoms with Crippen molar-refractivity contribution in [2.75, 3.05) is 30.9 Å². The summed E-state index contributed by atoms with van der Waals surface area (Å²) in [6, 6.07) is 6.29. The van der Waals surface area contributed by atoms with Crippen LogP contribution in [-0.2, 0) is 6.42 Å². The molecule has 2 aromatic rings. The first-order valence-electron chi connectivity index (χ1n) is 6.21. The lowest BCUT2D eigenvalue weighted by molar-refractivity contribution is 0.830. The van der Waals surface area contributed by atoms with Crippen LogP contribution in [0.4, 0.5) is 11.6 Å². The molecule has 0 spiro atoms. The summed E-state index contributed by atoms with van der Waals surface area (Å²) in [5.41, 5.74) is 3.71. The third kappa shape index (κ3) is 1.81. The maximum absolute atomic E-state index is 4.52. The number of hydrogen-bond donors (Lipinski definition) is 2. The van der Waals surface area contributed by atoms with Crippen molar-refractivity contribution in [3.8, 4) is 11.4 Å². The number of aromatic amines is 1. The van der Waals surface area contributed by atoms with Crippen LogP contribution < -0.4 is 10.2 Å². The minimum atomic E-state index is 0.714. The lowest BCUT2D eigenvalue weighted by Gasteiger charge is -2.19. The molecule has 1 aliphatic rings. The first-order chi connectivity index (χ1) is 8.75. The molecule has 0 unspecified atom stereocenters. The van der Waals surface area contributed by atoms with Crippen LogP contribution in [0.25, 0.3) is 11.4 Å². The van der Waals surface area contributed by atoms with Gasteiger partial charge in [0.25, 0.3) is 0 Å². The molecule has 2 N–H and O–H groups in total. The maximum Gasteiger partial charge on any atom is 0.244 e. The third-order valence-corrected chi connectivity index (χ3v) is 3.22. The average Bonchev–Trinajstić information content (AvgIpc) is 2.87. The van der Waals surface area contributed by atoms with Crippen molar-refractivity contribution in [2.45, 2.75) is 12.8 Å². The number of H-pyrrole nitrogens is 1. The molecule has 0 atom stereocenters. The number of hydrogen-bond acceptors (Lipinski definition) is 4. The van der Waals surface area contributed by atoms with Crippen molar-refractivity contribution < 1.29 is 0 Å². The predicted molar refractivity (Wildman–Crippen MR) is 73.0 cm³/mol. The van der Waals surface area contributed by atoms with E-state index < -0.39 is 0 Å². The molecule has 1 aliphatic heterocycles. The molecule has 0 saturated heterocycles. The fraction of sp³-hybridized carbons (Fsp3) is 0.385. The Morgan fingerprint density at radius 3 is 2.94 bits per heavy atom. The van der Waals surface area contributed by atoms with E-state index in [0.717, 1.165) is 24.4 Å². The summed E-state index contributed by atoms with van der Waals surface area (Å²) >= 11 is 0. The van der Waals surface area contributed by atoms with Crippen LogP contribution in [0.2, 0.25) is 0 Å². The second kappa shape index (κ2) is 4.33. The number of rotatable bonds is 2. The van der Waals surface area contributed by atoms with Crippen LogP contribution in [0.1, 0.15) is 12.0 Å². The van der Waals surface area contributed by atoms with Crippen molar-refractivity contribution in [2.24, 2.45) is 0 Å². The number of nitrogens with one attached hydrogen (secondary N) is 2. The van der Waals surface area contributed by atoms with Gasteiger partial charge < -0.3 is 10.2 Å². The van der Waals surface area contributed by atoms with Crippen LogP contribution in [0, 0.1) is 0 Å². The molecule has 0 amide bonds. The van der Waals surface area contributed by atoms with Gasteiger partial charge in [-0.05, 0) is 24.5 Å². The molecule has 3 rings (SSSR count).